The van der Waals surface area contributed by atoms with E-state index in [-0.39, 0.29) is 12.5 Å². The number of esters is 1. The summed E-state index contributed by atoms with van der Waals surface area (Å²) in [5, 5.41) is 0. The molecule has 0 saturated carbocycles. The van der Waals surface area contributed by atoms with Gasteiger partial charge in [0.25, 0.3) is 0 Å². The van der Waals surface area contributed by atoms with Crippen molar-refractivity contribution in [1.82, 2.24) is 4.90 Å². The van der Waals surface area contributed by atoms with Gasteiger partial charge in [-0.15, -0.1) is 0 Å². The van der Waals surface area contributed by atoms with E-state index < -0.39 is 28.5 Å². The molecule has 0 fully saturated rings. The van der Waals surface area contributed by atoms with Crippen LogP contribution in [0.1, 0.15) is 37.4 Å². The Morgan fingerprint density at radius 1 is 1.31 bits per heavy atom. The summed E-state index contributed by atoms with van der Waals surface area (Å²) < 4.78 is 9.41. The zero-order valence-corrected chi connectivity index (χ0v) is 17.9. The average Bonchev–Trinajstić information content (AvgIpc) is 2.52. The normalized spacial score (nSPS) is 16.4. The SMILES string of the molecule is CC(C)OC(=O)C[C@@H]1c2cccc(Br)c2C=CN1C(=O)OCC(Cl)(Cl)Cl. The molecule has 1 atom stereocenters. The first kappa shape index (κ1) is 21.4. The maximum Gasteiger partial charge on any atom is 0.414 e. The number of carbonyl (C=O) groups excluding carboxylic acids is 2. The Morgan fingerprint density at radius 3 is 2.62 bits per heavy atom. The van der Waals surface area contributed by atoms with Crippen molar-refractivity contribution >= 4 is 68.9 Å². The highest BCUT2D eigenvalue weighted by Crippen LogP contribution is 2.37. The molecule has 1 heterocycles. The number of amides is 1. The van der Waals surface area contributed by atoms with Crippen molar-refractivity contribution < 1.29 is 19.1 Å². The maximum absolute atomic E-state index is 12.5. The quantitative estimate of drug-likeness (QED) is 0.410. The van der Waals surface area contributed by atoms with Gasteiger partial charge in [-0.1, -0.05) is 62.9 Å². The number of rotatable bonds is 4. The van der Waals surface area contributed by atoms with E-state index in [1.165, 1.54) is 4.90 Å². The number of ether oxygens (including phenoxy) is 2. The minimum absolute atomic E-state index is 0.0329. The predicted molar refractivity (Wildman–Crippen MR) is 105 cm³/mol. The Balaban J connectivity index is 2.28. The third-order valence-corrected chi connectivity index (χ3v) is 4.50. The van der Waals surface area contributed by atoms with E-state index in [2.05, 4.69) is 15.9 Å². The Labute approximate surface area is 175 Å². The van der Waals surface area contributed by atoms with Gasteiger partial charge in [-0.3, -0.25) is 9.69 Å². The van der Waals surface area contributed by atoms with E-state index in [0.29, 0.717) is 0 Å². The molecule has 0 spiro atoms. The fourth-order valence-corrected chi connectivity index (χ4v) is 3.19. The van der Waals surface area contributed by atoms with Gasteiger partial charge in [0.05, 0.1) is 18.6 Å². The minimum atomic E-state index is -1.72. The highest BCUT2D eigenvalue weighted by Gasteiger charge is 2.33. The fourth-order valence-electron chi connectivity index (χ4n) is 2.51. The lowest BCUT2D eigenvalue weighted by atomic mass is 9.94. The van der Waals surface area contributed by atoms with Crippen molar-refractivity contribution in [2.24, 2.45) is 0 Å². The smallest absolute Gasteiger partial charge is 0.414 e. The summed E-state index contributed by atoms with van der Waals surface area (Å²) in [6.45, 7) is 3.11. The molecule has 2 rings (SSSR count). The summed E-state index contributed by atoms with van der Waals surface area (Å²) in [6.07, 6.45) is 2.28. The maximum atomic E-state index is 12.5. The van der Waals surface area contributed by atoms with E-state index in [9.17, 15) is 9.59 Å². The Hall–Kier alpha value is -0.950. The highest BCUT2D eigenvalue weighted by atomic mass is 79.9. The van der Waals surface area contributed by atoms with Crippen LogP contribution in [0, 0.1) is 0 Å². The summed E-state index contributed by atoms with van der Waals surface area (Å²) in [6, 6.07) is 4.95. The molecular weight excluding hydrogens is 468 g/mol. The van der Waals surface area contributed by atoms with Crippen molar-refractivity contribution in [3.05, 3.63) is 40.0 Å². The first-order chi connectivity index (χ1) is 12.1. The second kappa shape index (κ2) is 8.83. The molecule has 5 nitrogen and oxygen atoms in total. The number of alkyl halides is 3. The largest absolute Gasteiger partial charge is 0.463 e. The summed E-state index contributed by atoms with van der Waals surface area (Å²) in [5.41, 5.74) is 1.66. The van der Waals surface area contributed by atoms with Gasteiger partial charge in [-0.2, -0.15) is 0 Å². The Morgan fingerprint density at radius 2 is 2.00 bits per heavy atom. The van der Waals surface area contributed by atoms with Gasteiger partial charge < -0.3 is 9.47 Å². The van der Waals surface area contributed by atoms with Gasteiger partial charge in [0, 0.05) is 10.7 Å². The molecule has 1 aliphatic heterocycles. The molecule has 0 aliphatic carbocycles. The number of fused-ring (bicyclic) bond motifs is 1. The molecule has 0 bridgehead atoms. The molecule has 0 unspecified atom stereocenters. The van der Waals surface area contributed by atoms with Crippen LogP contribution >= 0.6 is 50.7 Å². The summed E-state index contributed by atoms with van der Waals surface area (Å²) in [4.78, 5) is 26.0. The third kappa shape index (κ3) is 5.78. The number of nitrogens with zero attached hydrogens (tertiary/aromatic N) is 1. The van der Waals surface area contributed by atoms with Crippen LogP contribution in [0.5, 0.6) is 0 Å². The van der Waals surface area contributed by atoms with Crippen LogP contribution in [0.15, 0.2) is 28.9 Å². The molecule has 1 aliphatic rings. The van der Waals surface area contributed by atoms with Crippen LogP contribution in [-0.2, 0) is 14.3 Å². The summed E-state index contributed by atoms with van der Waals surface area (Å²) in [5.74, 6) is -0.426. The number of hydrogen-bond donors (Lipinski definition) is 0. The lowest BCUT2D eigenvalue weighted by Crippen LogP contribution is -2.36. The van der Waals surface area contributed by atoms with Gasteiger partial charge >= 0.3 is 12.1 Å². The van der Waals surface area contributed by atoms with E-state index in [4.69, 9.17) is 44.3 Å². The second-order valence-electron chi connectivity index (χ2n) is 5.89. The monoisotopic (exact) mass is 483 g/mol. The highest BCUT2D eigenvalue weighted by molar-refractivity contribution is 9.10. The Bertz CT molecular complexity index is 718. The number of carbonyl (C=O) groups is 2. The van der Waals surface area contributed by atoms with E-state index >= 15 is 0 Å². The second-order valence-corrected chi connectivity index (χ2v) is 9.26. The number of hydrogen-bond acceptors (Lipinski definition) is 4. The van der Waals surface area contributed by atoms with Crippen LogP contribution in [0.3, 0.4) is 0 Å². The van der Waals surface area contributed by atoms with Gasteiger partial charge in [-0.05, 0) is 37.1 Å². The topological polar surface area (TPSA) is 55.8 Å². The average molecular weight is 486 g/mol. The van der Waals surface area contributed by atoms with E-state index in [1.807, 2.05) is 18.2 Å². The van der Waals surface area contributed by atoms with Gasteiger partial charge in [-0.25, -0.2) is 4.79 Å². The molecule has 0 aromatic heterocycles. The van der Waals surface area contributed by atoms with Crippen molar-refractivity contribution in [1.29, 1.82) is 0 Å². The molecule has 0 N–H and O–H groups in total. The van der Waals surface area contributed by atoms with Crippen LogP contribution in [-0.4, -0.2) is 33.5 Å². The van der Waals surface area contributed by atoms with Gasteiger partial charge in [0.15, 0.2) is 0 Å². The van der Waals surface area contributed by atoms with Crippen molar-refractivity contribution in [3.8, 4) is 0 Å². The standard InChI is InChI=1S/C17H17BrCl3NO4/c1-10(2)26-15(23)8-14-12-4-3-5-13(18)11(12)6-7-22(14)16(24)25-9-17(19,20)21/h3-7,10,14H,8-9H2,1-2H3/t14-/m1/s1. The molecule has 0 saturated heterocycles. The Kier molecular flexibility index (Phi) is 7.25. The number of halogens is 4. The van der Waals surface area contributed by atoms with Crippen LogP contribution in [0.2, 0.25) is 0 Å². The third-order valence-electron chi connectivity index (χ3n) is 3.48. The van der Waals surface area contributed by atoms with Crippen molar-refractivity contribution in [2.75, 3.05) is 6.61 Å². The fraction of sp³-hybridized carbons (Fsp3) is 0.412. The molecule has 1 aromatic rings. The first-order valence-electron chi connectivity index (χ1n) is 7.76. The summed E-state index contributed by atoms with van der Waals surface area (Å²) in [7, 11) is 0. The minimum Gasteiger partial charge on any atom is -0.463 e. The molecule has 1 aromatic carbocycles. The lowest BCUT2D eigenvalue weighted by Gasteiger charge is -2.32. The summed E-state index contributed by atoms with van der Waals surface area (Å²) >= 11 is 20.4. The van der Waals surface area contributed by atoms with E-state index in [0.717, 1.165) is 15.6 Å². The van der Waals surface area contributed by atoms with Crippen molar-refractivity contribution in [2.45, 2.75) is 36.2 Å². The molecule has 142 valence electrons. The van der Waals surface area contributed by atoms with Crippen LogP contribution in [0.25, 0.3) is 6.08 Å². The van der Waals surface area contributed by atoms with Crippen LogP contribution < -0.4 is 0 Å². The molecule has 9 heteroatoms. The molecule has 0 radical (unpaired) electrons. The zero-order chi connectivity index (χ0) is 19.5. The molecule has 1 amide bonds. The predicted octanol–water partition coefficient (Wildman–Crippen LogP) is 5.63. The number of benzene rings is 1. The van der Waals surface area contributed by atoms with E-state index in [1.54, 1.807) is 26.1 Å². The zero-order valence-electron chi connectivity index (χ0n) is 14.0. The lowest BCUT2D eigenvalue weighted by molar-refractivity contribution is -0.148. The van der Waals surface area contributed by atoms with Crippen molar-refractivity contribution in [3.63, 3.8) is 0 Å². The first-order valence-corrected chi connectivity index (χ1v) is 9.69. The van der Waals surface area contributed by atoms with Gasteiger partial charge in [0.2, 0.25) is 3.79 Å². The van der Waals surface area contributed by atoms with Crippen LogP contribution in [0.4, 0.5) is 4.79 Å². The molecular formula is C17H17BrCl3NO4. The van der Waals surface area contributed by atoms with Gasteiger partial charge in [0.1, 0.15) is 6.61 Å². The molecule has 26 heavy (non-hydrogen) atoms.